The van der Waals surface area contributed by atoms with Gasteiger partial charge in [0.15, 0.2) is 0 Å². The van der Waals surface area contributed by atoms with Gasteiger partial charge in [0.25, 0.3) is 0 Å². The van der Waals surface area contributed by atoms with E-state index in [0.29, 0.717) is 18.4 Å². The molecular weight excluding hydrogens is 390 g/mol. The molecule has 2 aliphatic heterocycles. The lowest BCUT2D eigenvalue weighted by atomic mass is 9.78. The van der Waals surface area contributed by atoms with Gasteiger partial charge in [-0.1, -0.05) is 37.3 Å². The smallest absolute Gasteiger partial charge is 0.410 e. The average molecular weight is 428 g/mol. The normalized spacial score (nSPS) is 22.8. The fourth-order valence-electron chi connectivity index (χ4n) is 5.11. The van der Waals surface area contributed by atoms with Crippen molar-refractivity contribution >= 4 is 6.09 Å². The number of carbonyl (C=O) groups excluding carboxylic acids is 1. The van der Waals surface area contributed by atoms with Crippen LogP contribution in [0.25, 0.3) is 0 Å². The number of methoxy groups -OCH3 is 1. The van der Waals surface area contributed by atoms with E-state index < -0.39 is 0 Å². The average Bonchev–Trinajstić information content (AvgIpc) is 3.23. The predicted octanol–water partition coefficient (Wildman–Crippen LogP) is 5.84. The molecule has 0 unspecified atom stereocenters. The van der Waals surface area contributed by atoms with E-state index in [1.807, 2.05) is 36.1 Å². The van der Waals surface area contributed by atoms with Gasteiger partial charge in [0.2, 0.25) is 0 Å². The van der Waals surface area contributed by atoms with E-state index in [-0.39, 0.29) is 12.1 Å². The molecule has 0 saturated carbocycles. The molecule has 1 amide bonds. The maximum atomic E-state index is 13.2. The highest BCUT2D eigenvalue weighted by molar-refractivity contribution is 5.69. The third kappa shape index (κ3) is 5.51. The molecule has 1 aromatic carbocycles. The van der Waals surface area contributed by atoms with Gasteiger partial charge in [0.05, 0.1) is 13.2 Å². The van der Waals surface area contributed by atoms with Gasteiger partial charge in [-0.05, 0) is 74.1 Å². The van der Waals surface area contributed by atoms with Crippen molar-refractivity contribution in [3.8, 4) is 5.75 Å². The van der Waals surface area contributed by atoms with Gasteiger partial charge in [0, 0.05) is 19.8 Å². The lowest BCUT2D eigenvalue weighted by molar-refractivity contribution is 0.0367. The Morgan fingerprint density at radius 1 is 1.26 bits per heavy atom. The summed E-state index contributed by atoms with van der Waals surface area (Å²) < 4.78 is 17.0. The minimum absolute atomic E-state index is 0.00558. The molecule has 2 fully saturated rings. The fourth-order valence-corrected chi connectivity index (χ4v) is 5.11. The van der Waals surface area contributed by atoms with Gasteiger partial charge in [0.1, 0.15) is 12.4 Å². The van der Waals surface area contributed by atoms with Gasteiger partial charge < -0.3 is 19.1 Å². The van der Waals surface area contributed by atoms with Gasteiger partial charge in [-0.3, -0.25) is 0 Å². The molecule has 5 nitrogen and oxygen atoms in total. The topological polar surface area (TPSA) is 48.0 Å². The summed E-state index contributed by atoms with van der Waals surface area (Å²) in [6.07, 6.45) is 9.88. The van der Waals surface area contributed by atoms with Crippen molar-refractivity contribution in [2.75, 3.05) is 33.5 Å². The first-order valence-corrected chi connectivity index (χ1v) is 11.6. The second-order valence-electron chi connectivity index (χ2n) is 8.46. The van der Waals surface area contributed by atoms with Crippen molar-refractivity contribution in [2.24, 2.45) is 11.8 Å². The predicted molar refractivity (Wildman–Crippen MR) is 123 cm³/mol. The van der Waals surface area contributed by atoms with Crippen LogP contribution in [-0.4, -0.2) is 44.5 Å². The number of allylic oxidation sites excluding steroid dienone is 2. The van der Waals surface area contributed by atoms with E-state index in [1.165, 1.54) is 5.56 Å². The summed E-state index contributed by atoms with van der Waals surface area (Å²) >= 11 is 0. The van der Waals surface area contributed by atoms with Crippen LogP contribution in [0.1, 0.15) is 56.7 Å². The molecule has 0 aliphatic carbocycles. The maximum Gasteiger partial charge on any atom is 0.410 e. The first kappa shape index (κ1) is 23.4. The summed E-state index contributed by atoms with van der Waals surface area (Å²) in [6, 6.07) is 6.16. The van der Waals surface area contributed by atoms with Crippen LogP contribution in [-0.2, 0) is 9.47 Å². The summed E-state index contributed by atoms with van der Waals surface area (Å²) in [4.78, 5) is 15.2. The standard InChI is InChI=1S/C26H37NO4/c1-5-8-20(9-6-2)18-31-26(28)27-15-12-23(21-13-16-30-17-14-21)25(27)22-10-7-11-24(29-4)19(22)3/h5,7-11,21,23,25H,6,12-18H2,1-4H3/b8-5-,20-9+/t23-,25+/m1/s1. The van der Waals surface area contributed by atoms with E-state index in [2.05, 4.69) is 26.0 Å². The van der Waals surface area contributed by atoms with Crippen LogP contribution in [0.5, 0.6) is 5.75 Å². The summed E-state index contributed by atoms with van der Waals surface area (Å²) in [5.74, 6) is 1.83. The Hall–Kier alpha value is -2.27. The monoisotopic (exact) mass is 427 g/mol. The van der Waals surface area contributed by atoms with Gasteiger partial charge in [-0.15, -0.1) is 0 Å². The Morgan fingerprint density at radius 2 is 2.03 bits per heavy atom. The van der Waals surface area contributed by atoms with E-state index >= 15 is 0 Å². The van der Waals surface area contributed by atoms with Crippen molar-refractivity contribution in [3.05, 3.63) is 53.1 Å². The number of carbonyl (C=O) groups is 1. The molecule has 0 N–H and O–H groups in total. The SMILES string of the molecule is C/C=C\C(=C/CC)COC(=O)N1CC[C@H](C2CCOCC2)[C@@H]1c1cccc(OC)c1C. The van der Waals surface area contributed by atoms with E-state index in [4.69, 9.17) is 14.2 Å². The molecule has 2 heterocycles. The third-order valence-electron chi connectivity index (χ3n) is 6.62. The van der Waals surface area contributed by atoms with E-state index in [9.17, 15) is 4.79 Å². The van der Waals surface area contributed by atoms with Crippen molar-refractivity contribution < 1.29 is 19.0 Å². The van der Waals surface area contributed by atoms with Crippen molar-refractivity contribution in [1.29, 1.82) is 0 Å². The highest BCUT2D eigenvalue weighted by Gasteiger charge is 2.43. The van der Waals surface area contributed by atoms with Crippen molar-refractivity contribution in [1.82, 2.24) is 4.90 Å². The number of benzene rings is 1. The van der Waals surface area contributed by atoms with Crippen LogP contribution in [0.15, 0.2) is 42.0 Å². The molecule has 5 heteroatoms. The summed E-state index contributed by atoms with van der Waals surface area (Å²) in [5.41, 5.74) is 3.31. The van der Waals surface area contributed by atoms with Crippen LogP contribution in [0.3, 0.4) is 0 Å². The first-order valence-electron chi connectivity index (χ1n) is 11.6. The van der Waals surface area contributed by atoms with Crippen LogP contribution < -0.4 is 4.74 Å². The number of likely N-dealkylation sites (tertiary alicyclic amines) is 1. The zero-order chi connectivity index (χ0) is 22.2. The van der Waals surface area contributed by atoms with Crippen LogP contribution in [0.4, 0.5) is 4.79 Å². The molecule has 31 heavy (non-hydrogen) atoms. The second-order valence-corrected chi connectivity index (χ2v) is 8.46. The highest BCUT2D eigenvalue weighted by Crippen LogP contribution is 2.46. The Kier molecular flexibility index (Phi) is 8.59. The van der Waals surface area contributed by atoms with Crippen LogP contribution in [0.2, 0.25) is 0 Å². The zero-order valence-electron chi connectivity index (χ0n) is 19.4. The molecule has 2 atom stereocenters. The molecule has 2 saturated heterocycles. The Bertz CT molecular complexity index is 795. The Morgan fingerprint density at radius 3 is 2.71 bits per heavy atom. The highest BCUT2D eigenvalue weighted by atomic mass is 16.6. The van der Waals surface area contributed by atoms with Gasteiger partial charge >= 0.3 is 6.09 Å². The first-order chi connectivity index (χ1) is 15.1. The number of hydrogen-bond donors (Lipinski definition) is 0. The molecule has 0 spiro atoms. The molecule has 170 valence electrons. The number of rotatable bonds is 7. The van der Waals surface area contributed by atoms with Crippen molar-refractivity contribution in [2.45, 2.75) is 52.5 Å². The largest absolute Gasteiger partial charge is 0.496 e. The Labute approximate surface area is 187 Å². The zero-order valence-corrected chi connectivity index (χ0v) is 19.4. The van der Waals surface area contributed by atoms with E-state index in [1.54, 1.807) is 7.11 Å². The van der Waals surface area contributed by atoms with E-state index in [0.717, 1.165) is 62.3 Å². The molecular formula is C26H37NO4. The Balaban J connectivity index is 1.86. The number of nitrogens with zero attached hydrogens (tertiary/aromatic N) is 1. The second kappa shape index (κ2) is 11.4. The minimum Gasteiger partial charge on any atom is -0.496 e. The van der Waals surface area contributed by atoms with Crippen LogP contribution >= 0.6 is 0 Å². The summed E-state index contributed by atoms with van der Waals surface area (Å²) in [6.45, 7) is 8.80. The molecule has 0 bridgehead atoms. The molecule has 1 aromatic rings. The quantitative estimate of drug-likeness (QED) is 0.513. The molecule has 2 aliphatic rings. The van der Waals surface area contributed by atoms with Gasteiger partial charge in [-0.25, -0.2) is 4.79 Å². The number of amides is 1. The van der Waals surface area contributed by atoms with Crippen molar-refractivity contribution in [3.63, 3.8) is 0 Å². The van der Waals surface area contributed by atoms with Gasteiger partial charge in [-0.2, -0.15) is 0 Å². The number of hydrogen-bond acceptors (Lipinski definition) is 4. The molecule has 0 aromatic heterocycles. The maximum absolute atomic E-state index is 13.2. The van der Waals surface area contributed by atoms with Crippen LogP contribution in [0, 0.1) is 18.8 Å². The fraction of sp³-hybridized carbons (Fsp3) is 0.577. The molecule has 0 radical (unpaired) electrons. The lowest BCUT2D eigenvalue weighted by Crippen LogP contribution is -2.35. The minimum atomic E-state index is -0.228. The third-order valence-corrected chi connectivity index (χ3v) is 6.62. The summed E-state index contributed by atoms with van der Waals surface area (Å²) in [7, 11) is 1.70. The lowest BCUT2D eigenvalue weighted by Gasteiger charge is -2.35. The molecule has 3 rings (SSSR count). The summed E-state index contributed by atoms with van der Waals surface area (Å²) in [5, 5.41) is 0. The number of ether oxygens (including phenoxy) is 3.